The van der Waals surface area contributed by atoms with Crippen molar-refractivity contribution in [1.29, 1.82) is 0 Å². The molecule has 3 aromatic rings. The molecule has 0 atom stereocenters. The van der Waals surface area contributed by atoms with E-state index in [1.54, 1.807) is 24.5 Å². The van der Waals surface area contributed by atoms with Crippen molar-refractivity contribution in [2.24, 2.45) is 0 Å². The standard InChI is InChI=1S/C19H16ClFN4OS/c20-16-12-15(4-5-17(16)21)24-19(26)13-6-9-23-18(11-13)25-27-10-7-14-3-1-2-8-22-14/h1-6,8-9,11-12H,7,10H2,(H,23,25)(H,24,26). The van der Waals surface area contributed by atoms with E-state index < -0.39 is 5.82 Å². The zero-order valence-corrected chi connectivity index (χ0v) is 15.7. The van der Waals surface area contributed by atoms with Crippen LogP contribution in [0.2, 0.25) is 5.02 Å². The van der Waals surface area contributed by atoms with Gasteiger partial charge in [-0.25, -0.2) is 9.37 Å². The Morgan fingerprint density at radius 1 is 1.11 bits per heavy atom. The number of halogens is 2. The third kappa shape index (κ3) is 5.67. The molecule has 0 unspecified atom stereocenters. The van der Waals surface area contributed by atoms with Crippen LogP contribution in [-0.4, -0.2) is 21.6 Å². The predicted octanol–water partition coefficient (Wildman–Crippen LogP) is 4.82. The molecule has 27 heavy (non-hydrogen) atoms. The van der Waals surface area contributed by atoms with Crippen molar-refractivity contribution in [3.63, 3.8) is 0 Å². The second-order valence-corrected chi connectivity index (χ2v) is 6.84. The van der Waals surface area contributed by atoms with E-state index in [4.69, 9.17) is 11.6 Å². The van der Waals surface area contributed by atoms with Crippen molar-refractivity contribution in [2.75, 3.05) is 15.8 Å². The van der Waals surface area contributed by atoms with Gasteiger partial charge in [0.05, 0.1) is 5.02 Å². The molecule has 0 saturated carbocycles. The molecule has 1 amide bonds. The van der Waals surface area contributed by atoms with Gasteiger partial charge in [-0.15, -0.1) is 0 Å². The number of aryl methyl sites for hydroxylation is 1. The zero-order valence-electron chi connectivity index (χ0n) is 14.2. The van der Waals surface area contributed by atoms with Crippen LogP contribution in [0.5, 0.6) is 0 Å². The van der Waals surface area contributed by atoms with Crippen LogP contribution >= 0.6 is 23.5 Å². The molecule has 0 fully saturated rings. The van der Waals surface area contributed by atoms with Gasteiger partial charge in [0, 0.05) is 41.5 Å². The Kier molecular flexibility index (Phi) is 6.62. The van der Waals surface area contributed by atoms with Crippen molar-refractivity contribution in [1.82, 2.24) is 9.97 Å². The number of carbonyl (C=O) groups excluding carboxylic acids is 1. The quantitative estimate of drug-likeness (QED) is 0.438. The molecule has 2 aromatic heterocycles. The van der Waals surface area contributed by atoms with Crippen LogP contribution < -0.4 is 10.0 Å². The van der Waals surface area contributed by atoms with E-state index in [0.29, 0.717) is 17.1 Å². The Bertz CT molecular complexity index is 927. The van der Waals surface area contributed by atoms with Crippen molar-refractivity contribution >= 4 is 41.0 Å². The number of anilines is 2. The first kappa shape index (κ1) is 19.1. The first-order chi connectivity index (χ1) is 13.1. The number of aromatic nitrogens is 2. The molecule has 2 heterocycles. The summed E-state index contributed by atoms with van der Waals surface area (Å²) < 4.78 is 16.3. The summed E-state index contributed by atoms with van der Waals surface area (Å²) in [5.41, 5.74) is 1.87. The summed E-state index contributed by atoms with van der Waals surface area (Å²) >= 11 is 7.22. The maximum Gasteiger partial charge on any atom is 0.255 e. The van der Waals surface area contributed by atoms with Gasteiger partial charge in [0.2, 0.25) is 0 Å². The molecule has 1 aromatic carbocycles. The predicted molar refractivity (Wildman–Crippen MR) is 108 cm³/mol. The summed E-state index contributed by atoms with van der Waals surface area (Å²) in [5, 5.41) is 2.63. The number of benzene rings is 1. The number of amides is 1. The Balaban J connectivity index is 1.54. The largest absolute Gasteiger partial charge is 0.322 e. The van der Waals surface area contributed by atoms with Crippen LogP contribution in [0.3, 0.4) is 0 Å². The van der Waals surface area contributed by atoms with Crippen LogP contribution in [-0.2, 0) is 6.42 Å². The van der Waals surface area contributed by atoms with Gasteiger partial charge in [-0.3, -0.25) is 9.78 Å². The van der Waals surface area contributed by atoms with E-state index in [9.17, 15) is 9.18 Å². The van der Waals surface area contributed by atoms with Gasteiger partial charge in [0.15, 0.2) is 0 Å². The zero-order chi connectivity index (χ0) is 19.1. The van der Waals surface area contributed by atoms with Gasteiger partial charge >= 0.3 is 0 Å². The van der Waals surface area contributed by atoms with Crippen LogP contribution in [0.25, 0.3) is 0 Å². The maximum atomic E-state index is 13.2. The summed E-state index contributed by atoms with van der Waals surface area (Å²) in [4.78, 5) is 20.8. The minimum absolute atomic E-state index is 0.0470. The number of rotatable bonds is 7. The molecule has 8 heteroatoms. The third-order valence-corrected chi connectivity index (χ3v) is 4.61. The van der Waals surface area contributed by atoms with E-state index in [2.05, 4.69) is 20.0 Å². The van der Waals surface area contributed by atoms with Crippen molar-refractivity contribution in [3.05, 3.63) is 83.0 Å². The topological polar surface area (TPSA) is 66.9 Å². The number of nitrogens with one attached hydrogen (secondary N) is 2. The smallest absolute Gasteiger partial charge is 0.255 e. The lowest BCUT2D eigenvalue weighted by atomic mass is 10.2. The molecule has 5 nitrogen and oxygen atoms in total. The molecule has 0 aliphatic heterocycles. The summed E-state index contributed by atoms with van der Waals surface area (Å²) in [6, 6.07) is 13.1. The summed E-state index contributed by atoms with van der Waals surface area (Å²) in [6.07, 6.45) is 4.14. The maximum absolute atomic E-state index is 13.2. The molecule has 0 aliphatic carbocycles. The second-order valence-electron chi connectivity index (χ2n) is 5.53. The lowest BCUT2D eigenvalue weighted by Crippen LogP contribution is -2.12. The first-order valence-electron chi connectivity index (χ1n) is 8.12. The monoisotopic (exact) mass is 402 g/mol. The number of pyridine rings is 2. The van der Waals surface area contributed by atoms with Gasteiger partial charge in [-0.05, 0) is 42.5 Å². The Morgan fingerprint density at radius 3 is 2.78 bits per heavy atom. The van der Waals surface area contributed by atoms with Gasteiger partial charge in [-0.1, -0.05) is 29.6 Å². The second kappa shape index (κ2) is 9.34. The molecule has 0 bridgehead atoms. The highest BCUT2D eigenvalue weighted by Crippen LogP contribution is 2.20. The molecule has 0 radical (unpaired) electrons. The fraction of sp³-hybridized carbons (Fsp3) is 0.105. The fourth-order valence-electron chi connectivity index (χ4n) is 2.23. The third-order valence-electron chi connectivity index (χ3n) is 3.56. The number of hydrogen-bond donors (Lipinski definition) is 2. The van der Waals surface area contributed by atoms with E-state index in [1.165, 1.54) is 30.1 Å². The molecule has 3 rings (SSSR count). The average molecular weight is 403 g/mol. The highest BCUT2D eigenvalue weighted by molar-refractivity contribution is 8.00. The van der Waals surface area contributed by atoms with Gasteiger partial charge in [0.25, 0.3) is 5.91 Å². The number of nitrogens with zero attached hydrogens (tertiary/aromatic N) is 2. The molecule has 0 spiro atoms. The first-order valence-corrected chi connectivity index (χ1v) is 9.48. The molecule has 0 saturated heterocycles. The normalized spacial score (nSPS) is 10.4. The van der Waals surface area contributed by atoms with E-state index in [0.717, 1.165) is 17.9 Å². The lowest BCUT2D eigenvalue weighted by molar-refractivity contribution is 0.102. The van der Waals surface area contributed by atoms with Crippen molar-refractivity contribution in [3.8, 4) is 0 Å². The molecular weight excluding hydrogens is 387 g/mol. The number of carbonyl (C=O) groups is 1. The number of hydrogen-bond acceptors (Lipinski definition) is 5. The van der Waals surface area contributed by atoms with E-state index >= 15 is 0 Å². The van der Waals surface area contributed by atoms with Crippen LogP contribution in [0.4, 0.5) is 15.9 Å². The lowest BCUT2D eigenvalue weighted by Gasteiger charge is -2.08. The van der Waals surface area contributed by atoms with Gasteiger partial charge in [0.1, 0.15) is 11.6 Å². The van der Waals surface area contributed by atoms with E-state index in [1.807, 2.05) is 18.2 Å². The van der Waals surface area contributed by atoms with Crippen LogP contribution in [0.15, 0.2) is 60.9 Å². The Morgan fingerprint density at radius 2 is 2.00 bits per heavy atom. The van der Waals surface area contributed by atoms with Crippen LogP contribution in [0, 0.1) is 5.82 Å². The fourth-order valence-corrected chi connectivity index (χ4v) is 3.08. The SMILES string of the molecule is O=C(Nc1ccc(F)c(Cl)c1)c1ccnc(NSCCc2ccccn2)c1. The van der Waals surface area contributed by atoms with Gasteiger partial charge in [-0.2, -0.15) is 0 Å². The average Bonchev–Trinajstić information content (AvgIpc) is 2.69. The molecule has 138 valence electrons. The molecular formula is C19H16ClFN4OS. The minimum atomic E-state index is -0.534. The van der Waals surface area contributed by atoms with Crippen LogP contribution in [0.1, 0.15) is 16.1 Å². The summed E-state index contributed by atoms with van der Waals surface area (Å²) in [5.74, 6) is 0.517. The Hall–Kier alpha value is -2.64. The minimum Gasteiger partial charge on any atom is -0.322 e. The van der Waals surface area contributed by atoms with E-state index in [-0.39, 0.29) is 10.9 Å². The highest BCUT2D eigenvalue weighted by Gasteiger charge is 2.09. The molecule has 0 aliphatic rings. The highest BCUT2D eigenvalue weighted by atomic mass is 35.5. The Labute approximate surface area is 165 Å². The van der Waals surface area contributed by atoms with Gasteiger partial charge < -0.3 is 10.0 Å². The van der Waals surface area contributed by atoms with Crippen molar-refractivity contribution in [2.45, 2.75) is 6.42 Å². The van der Waals surface area contributed by atoms with Crippen molar-refractivity contribution < 1.29 is 9.18 Å². The molecule has 2 N–H and O–H groups in total. The summed E-state index contributed by atoms with van der Waals surface area (Å²) in [7, 11) is 0. The summed E-state index contributed by atoms with van der Waals surface area (Å²) in [6.45, 7) is 0.